The molecule has 2 amide bonds. The van der Waals surface area contributed by atoms with Gasteiger partial charge in [-0.25, -0.2) is 5.84 Å². The largest absolute Gasteiger partial charge is 0.415 e. The van der Waals surface area contributed by atoms with E-state index in [0.29, 0.717) is 9.09 Å². The van der Waals surface area contributed by atoms with Crippen molar-refractivity contribution in [3.8, 4) is 0 Å². The zero-order valence-electron chi connectivity index (χ0n) is 14.8. The molecule has 136 valence electrons. The highest BCUT2D eigenvalue weighted by Gasteiger charge is 2.39. The Morgan fingerprint density at radius 1 is 1.50 bits per heavy atom. The highest BCUT2D eigenvalue weighted by atomic mass is 32.1. The van der Waals surface area contributed by atoms with Crippen LogP contribution >= 0.6 is 23.6 Å². The van der Waals surface area contributed by atoms with Crippen LogP contribution in [-0.2, 0) is 14.0 Å². The number of aromatic amines is 1. The number of hydrogen-bond acceptors (Lipinski definition) is 7. The zero-order chi connectivity index (χ0) is 18.7. The fourth-order valence-corrected chi connectivity index (χ4v) is 3.30. The second kappa shape index (κ2) is 7.83. The minimum atomic E-state index is -2.11. The molecule has 1 heterocycles. The van der Waals surface area contributed by atoms with Gasteiger partial charge in [-0.05, 0) is 30.4 Å². The molecule has 0 saturated heterocycles. The molecule has 1 aromatic rings. The van der Waals surface area contributed by atoms with Gasteiger partial charge in [-0.3, -0.25) is 25.0 Å². The predicted molar refractivity (Wildman–Crippen MR) is 99.5 cm³/mol. The molecule has 0 aliphatic carbocycles. The summed E-state index contributed by atoms with van der Waals surface area (Å²) >= 11 is 6.03. The van der Waals surface area contributed by atoms with Crippen molar-refractivity contribution in [2.45, 2.75) is 38.9 Å². The molecule has 1 rings (SSSR count). The minimum absolute atomic E-state index is 0.0292. The van der Waals surface area contributed by atoms with E-state index in [9.17, 15) is 9.59 Å². The Hall–Kier alpha value is -1.14. The van der Waals surface area contributed by atoms with E-state index < -0.39 is 26.0 Å². The van der Waals surface area contributed by atoms with Crippen LogP contribution in [0.25, 0.3) is 0 Å². The van der Waals surface area contributed by atoms with Gasteiger partial charge >= 0.3 is 0 Å². The average Bonchev–Trinajstić information content (AvgIpc) is 2.82. The SMILES string of the molecule is CN(N)C(=O)C(CO[Si](C)(C)C(C)(C)C)C(=O)Nc1n[nH]c(=S)s1. The molecule has 0 fully saturated rings. The third kappa shape index (κ3) is 5.45. The van der Waals surface area contributed by atoms with E-state index in [2.05, 4.69) is 49.4 Å². The number of hydrazine groups is 1. The second-order valence-corrected chi connectivity index (χ2v) is 13.5. The van der Waals surface area contributed by atoms with E-state index >= 15 is 0 Å². The van der Waals surface area contributed by atoms with Gasteiger partial charge in [0, 0.05) is 7.05 Å². The molecule has 0 bridgehead atoms. The number of aromatic nitrogens is 2. The first-order valence-corrected chi connectivity index (χ1v) is 11.5. The van der Waals surface area contributed by atoms with E-state index in [-0.39, 0.29) is 11.6 Å². The number of anilines is 1. The van der Waals surface area contributed by atoms with Crippen LogP contribution in [0.2, 0.25) is 18.1 Å². The smallest absolute Gasteiger partial charge is 0.251 e. The summed E-state index contributed by atoms with van der Waals surface area (Å²) in [5.74, 6) is 3.43. The summed E-state index contributed by atoms with van der Waals surface area (Å²) in [4.78, 5) is 24.8. The first kappa shape index (κ1) is 20.9. The highest BCUT2D eigenvalue weighted by Crippen LogP contribution is 2.36. The lowest BCUT2D eigenvalue weighted by atomic mass is 10.1. The van der Waals surface area contributed by atoms with Crippen LogP contribution < -0.4 is 11.2 Å². The highest BCUT2D eigenvalue weighted by molar-refractivity contribution is 7.73. The molecule has 11 heteroatoms. The Kier molecular flexibility index (Phi) is 6.81. The lowest BCUT2D eigenvalue weighted by Gasteiger charge is -2.37. The van der Waals surface area contributed by atoms with Crippen LogP contribution in [-0.4, -0.2) is 49.0 Å². The maximum Gasteiger partial charge on any atom is 0.251 e. The average molecular weight is 392 g/mol. The van der Waals surface area contributed by atoms with Crippen LogP contribution in [0.15, 0.2) is 0 Å². The molecule has 0 radical (unpaired) electrons. The molecule has 24 heavy (non-hydrogen) atoms. The van der Waals surface area contributed by atoms with Crippen molar-refractivity contribution in [1.82, 2.24) is 15.2 Å². The first-order valence-electron chi connectivity index (χ1n) is 7.38. The summed E-state index contributed by atoms with van der Waals surface area (Å²) in [6, 6.07) is 0. The summed E-state index contributed by atoms with van der Waals surface area (Å²) in [5, 5.41) is 10.2. The molecule has 0 spiro atoms. The Morgan fingerprint density at radius 3 is 2.50 bits per heavy atom. The standard InChI is InChI=1S/C13H25N5O3S2Si/c1-13(2,3)24(5,6)21-7-8(10(20)18(4)14)9(19)15-11-16-17-12(22)23-11/h8H,7,14H2,1-6H3,(H,17,22)(H,15,16,19). The maximum absolute atomic E-state index is 12.5. The van der Waals surface area contributed by atoms with Gasteiger partial charge in [0.25, 0.3) is 5.91 Å². The Balaban J connectivity index is 2.90. The first-order chi connectivity index (χ1) is 10.8. The van der Waals surface area contributed by atoms with Crippen LogP contribution in [0.5, 0.6) is 0 Å². The number of carbonyl (C=O) groups excluding carboxylic acids is 2. The minimum Gasteiger partial charge on any atom is -0.415 e. The van der Waals surface area contributed by atoms with Gasteiger partial charge in [0.15, 0.2) is 12.3 Å². The Morgan fingerprint density at radius 2 is 2.08 bits per heavy atom. The molecular weight excluding hydrogens is 366 g/mol. The summed E-state index contributed by atoms with van der Waals surface area (Å²) in [6.07, 6.45) is 0. The van der Waals surface area contributed by atoms with Crippen molar-refractivity contribution >= 4 is 48.8 Å². The fourth-order valence-electron chi connectivity index (χ4n) is 1.49. The van der Waals surface area contributed by atoms with E-state index in [4.69, 9.17) is 22.5 Å². The third-order valence-corrected chi connectivity index (χ3v) is 9.55. The van der Waals surface area contributed by atoms with Crippen molar-refractivity contribution in [2.24, 2.45) is 11.8 Å². The van der Waals surface area contributed by atoms with Gasteiger partial charge in [-0.2, -0.15) is 0 Å². The lowest BCUT2D eigenvalue weighted by Crippen LogP contribution is -2.48. The molecule has 1 aromatic heterocycles. The molecule has 0 aliphatic rings. The molecule has 1 atom stereocenters. The van der Waals surface area contributed by atoms with Gasteiger partial charge in [-0.1, -0.05) is 32.1 Å². The summed E-state index contributed by atoms with van der Waals surface area (Å²) in [5.41, 5.74) is 0. The number of nitrogens with one attached hydrogen (secondary N) is 2. The van der Waals surface area contributed by atoms with E-state index in [1.54, 1.807) is 0 Å². The van der Waals surface area contributed by atoms with Crippen molar-refractivity contribution in [1.29, 1.82) is 0 Å². The summed E-state index contributed by atoms with van der Waals surface area (Å²) in [7, 11) is -0.713. The van der Waals surface area contributed by atoms with Crippen LogP contribution in [0, 0.1) is 9.87 Å². The zero-order valence-corrected chi connectivity index (χ0v) is 17.4. The van der Waals surface area contributed by atoms with Crippen LogP contribution in [0.1, 0.15) is 20.8 Å². The number of nitrogens with zero attached hydrogens (tertiary/aromatic N) is 2. The number of hydrogen-bond donors (Lipinski definition) is 3. The predicted octanol–water partition coefficient (Wildman–Crippen LogP) is 2.11. The van der Waals surface area contributed by atoms with E-state index in [1.807, 2.05) is 0 Å². The lowest BCUT2D eigenvalue weighted by molar-refractivity contribution is -0.140. The summed E-state index contributed by atoms with van der Waals surface area (Å²) in [6.45, 7) is 10.3. The quantitative estimate of drug-likeness (QED) is 0.171. The number of carbonyl (C=O) groups is 2. The van der Waals surface area contributed by atoms with Gasteiger partial charge in [0.2, 0.25) is 11.0 Å². The van der Waals surface area contributed by atoms with Crippen LogP contribution in [0.4, 0.5) is 5.13 Å². The monoisotopic (exact) mass is 391 g/mol. The van der Waals surface area contributed by atoms with E-state index in [0.717, 1.165) is 16.3 Å². The van der Waals surface area contributed by atoms with Crippen LogP contribution in [0.3, 0.4) is 0 Å². The molecule has 1 unspecified atom stereocenters. The molecular formula is C13H25N5O3S2Si. The molecule has 0 aromatic carbocycles. The molecule has 0 aliphatic heterocycles. The number of nitrogens with two attached hydrogens (primary N) is 1. The van der Waals surface area contributed by atoms with Gasteiger partial charge in [0.1, 0.15) is 5.92 Å². The van der Waals surface area contributed by atoms with Crippen molar-refractivity contribution < 1.29 is 14.0 Å². The molecule has 0 saturated carbocycles. The Labute approximate surface area is 151 Å². The van der Waals surface area contributed by atoms with Gasteiger partial charge < -0.3 is 4.43 Å². The normalized spacial score (nSPS) is 13.5. The fraction of sp³-hybridized carbons (Fsp3) is 0.692. The van der Waals surface area contributed by atoms with Gasteiger partial charge in [-0.15, -0.1) is 5.10 Å². The number of rotatable bonds is 6. The molecule has 4 N–H and O–H groups in total. The second-order valence-electron chi connectivity index (χ2n) is 6.98. The van der Waals surface area contributed by atoms with E-state index in [1.165, 1.54) is 7.05 Å². The third-order valence-electron chi connectivity index (χ3n) is 4.05. The van der Waals surface area contributed by atoms with Gasteiger partial charge in [0.05, 0.1) is 6.61 Å². The summed E-state index contributed by atoms with van der Waals surface area (Å²) < 4.78 is 6.45. The maximum atomic E-state index is 12.5. The van der Waals surface area contributed by atoms with Crippen molar-refractivity contribution in [3.05, 3.63) is 3.95 Å². The van der Waals surface area contributed by atoms with Crippen molar-refractivity contribution in [3.63, 3.8) is 0 Å². The Bertz CT molecular complexity index is 651. The molecule has 8 nitrogen and oxygen atoms in total. The van der Waals surface area contributed by atoms with Crippen molar-refractivity contribution in [2.75, 3.05) is 19.0 Å². The topological polar surface area (TPSA) is 113 Å². The number of amides is 2. The number of H-pyrrole nitrogens is 1.